The van der Waals surface area contributed by atoms with Gasteiger partial charge in [-0.25, -0.2) is 13.2 Å². The van der Waals surface area contributed by atoms with Gasteiger partial charge in [0.1, 0.15) is 0 Å². The maximum absolute atomic E-state index is 12.8. The van der Waals surface area contributed by atoms with Gasteiger partial charge in [-0.2, -0.15) is 4.31 Å². The van der Waals surface area contributed by atoms with Gasteiger partial charge in [-0.15, -0.1) is 0 Å². The van der Waals surface area contributed by atoms with Crippen molar-refractivity contribution in [3.63, 3.8) is 0 Å². The predicted octanol–water partition coefficient (Wildman–Crippen LogP) is 3.61. The fraction of sp³-hybridized carbons (Fsp3) is 0.118. The molecule has 0 aliphatic heterocycles. The number of alkyl halides is 1. The normalized spacial score (nSPS) is 10.6. The van der Waals surface area contributed by atoms with Crippen LogP contribution < -0.4 is 4.31 Å². The molecule has 0 aliphatic carbocycles. The summed E-state index contributed by atoms with van der Waals surface area (Å²) in [6.07, 6.45) is -1.57. The van der Waals surface area contributed by atoms with Crippen molar-refractivity contribution in [1.29, 1.82) is 0 Å². The lowest BCUT2D eigenvalue weighted by Gasteiger charge is -2.19. The van der Waals surface area contributed by atoms with Crippen molar-refractivity contribution in [2.75, 3.05) is 9.64 Å². The van der Waals surface area contributed by atoms with Crippen LogP contribution in [-0.4, -0.2) is 24.9 Å². The minimum absolute atomic E-state index is 0.0602. The first kappa shape index (κ1) is 18.0. The standard InChI is InChI=1S/C17H14BrNO4S/c1-13-7-9-15(10-8-13)19(17(20)21)24(22,23)16-6-2-4-14(12-16)5-3-11-18/h2,4,6-10,12H,11H2,1H3,(H,20,21). The summed E-state index contributed by atoms with van der Waals surface area (Å²) >= 11 is 3.17. The van der Waals surface area contributed by atoms with E-state index in [1.807, 2.05) is 6.92 Å². The maximum atomic E-state index is 12.8. The van der Waals surface area contributed by atoms with E-state index < -0.39 is 16.1 Å². The lowest BCUT2D eigenvalue weighted by atomic mass is 10.2. The Morgan fingerprint density at radius 2 is 1.88 bits per heavy atom. The molecule has 0 heterocycles. The zero-order chi connectivity index (χ0) is 17.7. The predicted molar refractivity (Wildman–Crippen MR) is 96.0 cm³/mol. The van der Waals surface area contributed by atoms with Gasteiger partial charge in [0.15, 0.2) is 0 Å². The molecule has 0 spiro atoms. The molecule has 0 saturated carbocycles. The van der Waals surface area contributed by atoms with Crippen LogP contribution in [0.4, 0.5) is 10.5 Å². The van der Waals surface area contributed by atoms with Crippen LogP contribution in [-0.2, 0) is 10.0 Å². The number of rotatable bonds is 3. The Morgan fingerprint density at radius 3 is 2.46 bits per heavy atom. The van der Waals surface area contributed by atoms with Crippen LogP contribution >= 0.6 is 15.9 Å². The molecule has 24 heavy (non-hydrogen) atoms. The van der Waals surface area contributed by atoms with E-state index in [4.69, 9.17) is 0 Å². The molecule has 0 radical (unpaired) electrons. The molecule has 0 atom stereocenters. The topological polar surface area (TPSA) is 74.7 Å². The Hall–Kier alpha value is -2.30. The quantitative estimate of drug-likeness (QED) is 0.622. The average Bonchev–Trinajstić information content (AvgIpc) is 2.55. The molecular weight excluding hydrogens is 394 g/mol. The lowest BCUT2D eigenvalue weighted by Crippen LogP contribution is -2.35. The minimum Gasteiger partial charge on any atom is -0.464 e. The van der Waals surface area contributed by atoms with E-state index in [9.17, 15) is 18.3 Å². The molecule has 5 nitrogen and oxygen atoms in total. The van der Waals surface area contributed by atoms with Crippen LogP contribution in [0.5, 0.6) is 0 Å². The molecule has 1 amide bonds. The fourth-order valence-corrected chi connectivity index (χ4v) is 3.49. The average molecular weight is 408 g/mol. The van der Waals surface area contributed by atoms with Gasteiger partial charge in [-0.05, 0) is 37.3 Å². The maximum Gasteiger partial charge on any atom is 0.426 e. The molecule has 7 heteroatoms. The number of halogens is 1. The van der Waals surface area contributed by atoms with Crippen molar-refractivity contribution in [2.45, 2.75) is 11.8 Å². The first-order valence-corrected chi connectivity index (χ1v) is 9.42. The molecule has 2 aromatic rings. The van der Waals surface area contributed by atoms with Crippen LogP contribution in [0.25, 0.3) is 0 Å². The highest BCUT2D eigenvalue weighted by molar-refractivity contribution is 9.09. The Bertz CT molecular complexity index is 912. The van der Waals surface area contributed by atoms with Crippen LogP contribution in [0.2, 0.25) is 0 Å². The second kappa shape index (κ2) is 7.51. The van der Waals surface area contributed by atoms with Gasteiger partial charge in [0, 0.05) is 5.56 Å². The molecule has 2 aromatic carbocycles. The van der Waals surface area contributed by atoms with E-state index in [0.717, 1.165) is 5.56 Å². The summed E-state index contributed by atoms with van der Waals surface area (Å²) in [6.45, 7) is 1.83. The molecule has 1 N–H and O–H groups in total. The SMILES string of the molecule is Cc1ccc(N(C(=O)O)S(=O)(=O)c2cccc(C#CCBr)c2)cc1. The highest BCUT2D eigenvalue weighted by Gasteiger charge is 2.30. The molecule has 0 aromatic heterocycles. The number of carboxylic acid groups (broad SMARTS) is 1. The number of sulfonamides is 1. The van der Waals surface area contributed by atoms with Crippen molar-refractivity contribution in [3.8, 4) is 11.8 Å². The lowest BCUT2D eigenvalue weighted by molar-refractivity contribution is 0.206. The van der Waals surface area contributed by atoms with Gasteiger partial charge in [-0.3, -0.25) is 0 Å². The van der Waals surface area contributed by atoms with Crippen LogP contribution in [0.1, 0.15) is 11.1 Å². The molecule has 0 aliphatic rings. The van der Waals surface area contributed by atoms with Gasteiger partial charge in [-0.1, -0.05) is 51.5 Å². The Labute approximate surface area is 149 Å². The molecule has 0 bridgehead atoms. The molecule has 2 rings (SSSR count). The van der Waals surface area contributed by atoms with Crippen LogP contribution in [0, 0.1) is 18.8 Å². The highest BCUT2D eigenvalue weighted by Crippen LogP contribution is 2.24. The first-order valence-electron chi connectivity index (χ1n) is 6.86. The minimum atomic E-state index is -4.26. The zero-order valence-electron chi connectivity index (χ0n) is 12.7. The first-order chi connectivity index (χ1) is 11.4. The van der Waals surface area contributed by atoms with Gasteiger partial charge in [0.25, 0.3) is 10.0 Å². The number of hydrogen-bond acceptors (Lipinski definition) is 3. The number of anilines is 1. The van der Waals surface area contributed by atoms with Gasteiger partial charge in [0.05, 0.1) is 15.9 Å². The third kappa shape index (κ3) is 3.96. The van der Waals surface area contributed by atoms with E-state index in [1.54, 1.807) is 18.2 Å². The molecule has 0 unspecified atom stereocenters. The van der Waals surface area contributed by atoms with Crippen molar-refractivity contribution < 1.29 is 18.3 Å². The third-order valence-electron chi connectivity index (χ3n) is 3.11. The number of aryl methyl sites for hydroxylation is 1. The Morgan fingerprint density at radius 1 is 1.21 bits per heavy atom. The second-order valence-corrected chi connectivity index (χ2v) is 7.20. The summed E-state index contributed by atoms with van der Waals surface area (Å²) in [7, 11) is -4.26. The van der Waals surface area contributed by atoms with Crippen molar-refractivity contribution in [1.82, 2.24) is 0 Å². The van der Waals surface area contributed by atoms with E-state index in [2.05, 4.69) is 27.8 Å². The smallest absolute Gasteiger partial charge is 0.426 e. The fourth-order valence-electron chi connectivity index (χ4n) is 2.01. The summed E-state index contributed by atoms with van der Waals surface area (Å²) in [5.41, 5.74) is 1.45. The molecule has 0 saturated heterocycles. The van der Waals surface area contributed by atoms with E-state index >= 15 is 0 Å². The summed E-state index contributed by atoms with van der Waals surface area (Å²) in [4.78, 5) is 11.4. The molecular formula is C17H14BrNO4S. The van der Waals surface area contributed by atoms with Crippen LogP contribution in [0.15, 0.2) is 53.4 Å². The summed E-state index contributed by atoms with van der Waals surface area (Å²) < 4.78 is 25.9. The van der Waals surface area contributed by atoms with Gasteiger partial charge in [0.2, 0.25) is 0 Å². The van der Waals surface area contributed by atoms with Gasteiger partial charge < -0.3 is 5.11 Å². The second-order valence-electron chi connectivity index (χ2n) is 4.85. The summed E-state index contributed by atoms with van der Waals surface area (Å²) in [5.74, 6) is 5.57. The van der Waals surface area contributed by atoms with E-state index in [0.29, 0.717) is 15.2 Å². The van der Waals surface area contributed by atoms with Crippen molar-refractivity contribution in [3.05, 3.63) is 59.7 Å². The third-order valence-corrected chi connectivity index (χ3v) is 5.09. The summed E-state index contributed by atoms with van der Waals surface area (Å²) in [6, 6.07) is 12.1. The van der Waals surface area contributed by atoms with Crippen molar-refractivity contribution in [2.24, 2.45) is 0 Å². The Kier molecular flexibility index (Phi) is 5.65. The number of hydrogen-bond donors (Lipinski definition) is 1. The van der Waals surface area contributed by atoms with Crippen molar-refractivity contribution >= 4 is 37.7 Å². The molecule has 0 fully saturated rings. The number of carbonyl (C=O) groups is 1. The van der Waals surface area contributed by atoms with Gasteiger partial charge >= 0.3 is 6.09 Å². The highest BCUT2D eigenvalue weighted by atomic mass is 79.9. The summed E-state index contributed by atoms with van der Waals surface area (Å²) in [5, 5.41) is 9.87. The molecule has 124 valence electrons. The monoisotopic (exact) mass is 407 g/mol. The number of nitrogens with zero attached hydrogens (tertiary/aromatic N) is 1. The number of amides is 1. The largest absolute Gasteiger partial charge is 0.464 e. The zero-order valence-corrected chi connectivity index (χ0v) is 15.1. The van der Waals surface area contributed by atoms with E-state index in [1.165, 1.54) is 30.3 Å². The van der Waals surface area contributed by atoms with E-state index in [-0.39, 0.29) is 10.6 Å². The number of benzene rings is 2. The van der Waals surface area contributed by atoms with Crippen LogP contribution in [0.3, 0.4) is 0 Å². The Balaban J connectivity index is 2.53.